The molecule has 1 heterocycles. The zero-order valence-electron chi connectivity index (χ0n) is 12.0. The van der Waals surface area contributed by atoms with Gasteiger partial charge in [0.1, 0.15) is 0 Å². The Bertz CT molecular complexity index is 401. The summed E-state index contributed by atoms with van der Waals surface area (Å²) in [5.74, 6) is -0.559. The molecule has 0 aromatic heterocycles. The summed E-state index contributed by atoms with van der Waals surface area (Å²) in [5, 5.41) is 0.969. The van der Waals surface area contributed by atoms with Crippen molar-refractivity contribution in [1.82, 2.24) is 0 Å². The number of benzene rings is 1. The highest BCUT2D eigenvalue weighted by molar-refractivity contribution is 9.09. The van der Waals surface area contributed by atoms with Crippen LogP contribution in [0.2, 0.25) is 0 Å². The highest BCUT2D eigenvalue weighted by Gasteiger charge is 2.41. The van der Waals surface area contributed by atoms with Gasteiger partial charge in [-0.2, -0.15) is 0 Å². The van der Waals surface area contributed by atoms with Crippen molar-refractivity contribution in [2.24, 2.45) is 5.41 Å². The van der Waals surface area contributed by atoms with Crippen LogP contribution in [0.3, 0.4) is 0 Å². The molecule has 0 amide bonds. The zero-order valence-corrected chi connectivity index (χ0v) is 13.6. The molecule has 3 heteroatoms. The van der Waals surface area contributed by atoms with Crippen molar-refractivity contribution in [3.8, 4) is 0 Å². The minimum absolute atomic E-state index is 0.0998. The van der Waals surface area contributed by atoms with Crippen molar-refractivity contribution in [3.63, 3.8) is 0 Å². The molecule has 0 saturated carbocycles. The summed E-state index contributed by atoms with van der Waals surface area (Å²) in [6.07, 6.45) is 1.92. The molecule has 0 unspecified atom stereocenters. The Labute approximate surface area is 124 Å². The van der Waals surface area contributed by atoms with E-state index in [2.05, 4.69) is 61.0 Å². The molecule has 0 N–H and O–H groups in total. The first kappa shape index (κ1) is 15.0. The van der Waals surface area contributed by atoms with Crippen LogP contribution in [-0.2, 0) is 15.3 Å². The molecule has 2 rings (SSSR count). The maximum atomic E-state index is 6.17. The van der Waals surface area contributed by atoms with Gasteiger partial charge < -0.3 is 9.47 Å². The van der Waals surface area contributed by atoms with Gasteiger partial charge in [-0.1, -0.05) is 59.6 Å². The fraction of sp³-hybridized carbons (Fsp3) is 0.625. The van der Waals surface area contributed by atoms with E-state index in [1.165, 1.54) is 5.56 Å². The van der Waals surface area contributed by atoms with Crippen molar-refractivity contribution in [1.29, 1.82) is 0 Å². The number of hydrogen-bond acceptors (Lipinski definition) is 2. The van der Waals surface area contributed by atoms with Crippen LogP contribution >= 0.6 is 15.9 Å². The van der Waals surface area contributed by atoms with Crippen molar-refractivity contribution >= 4 is 15.9 Å². The van der Waals surface area contributed by atoms with Gasteiger partial charge in [0, 0.05) is 22.7 Å². The van der Waals surface area contributed by atoms with Gasteiger partial charge in [-0.15, -0.1) is 0 Å². The molecule has 1 aromatic rings. The molecule has 1 aliphatic rings. The predicted molar refractivity (Wildman–Crippen MR) is 81.6 cm³/mol. The molecular formula is C16H23BrO2. The average molecular weight is 327 g/mol. The molecular weight excluding hydrogens is 304 g/mol. The Morgan fingerprint density at radius 2 is 1.68 bits per heavy atom. The average Bonchev–Trinajstić information content (AvgIpc) is 2.39. The molecule has 2 nitrogen and oxygen atoms in total. The van der Waals surface area contributed by atoms with Crippen LogP contribution in [0.1, 0.15) is 37.8 Å². The first-order valence-corrected chi connectivity index (χ1v) is 8.01. The fourth-order valence-electron chi connectivity index (χ4n) is 2.27. The quantitative estimate of drug-likeness (QED) is 0.763. The second-order valence-corrected chi connectivity index (χ2v) is 6.95. The van der Waals surface area contributed by atoms with Gasteiger partial charge >= 0.3 is 0 Å². The van der Waals surface area contributed by atoms with Crippen molar-refractivity contribution < 1.29 is 9.47 Å². The Kier molecular flexibility index (Phi) is 4.70. The third kappa shape index (κ3) is 3.59. The second-order valence-electron chi connectivity index (χ2n) is 6.15. The molecule has 1 saturated heterocycles. The second kappa shape index (κ2) is 5.94. The molecule has 0 bridgehead atoms. The lowest BCUT2D eigenvalue weighted by atomic mass is 9.92. The van der Waals surface area contributed by atoms with E-state index in [0.29, 0.717) is 0 Å². The molecule has 19 heavy (non-hydrogen) atoms. The Morgan fingerprint density at radius 3 is 2.21 bits per heavy atom. The molecule has 106 valence electrons. The van der Waals surface area contributed by atoms with Crippen LogP contribution < -0.4 is 0 Å². The van der Waals surface area contributed by atoms with Crippen molar-refractivity contribution in [2.75, 3.05) is 18.5 Å². The number of halogens is 1. The van der Waals surface area contributed by atoms with Gasteiger partial charge in [0.25, 0.3) is 0 Å². The molecule has 1 fully saturated rings. The third-order valence-electron chi connectivity index (χ3n) is 3.52. The normalized spacial score (nSPS) is 21.3. The maximum Gasteiger partial charge on any atom is 0.194 e. The SMILES string of the molecule is Cc1ccc(C2(CCCBr)OCC(C)(C)CO2)cc1. The van der Waals surface area contributed by atoms with Gasteiger partial charge in [0.05, 0.1) is 13.2 Å². The lowest BCUT2D eigenvalue weighted by Crippen LogP contribution is -2.45. The summed E-state index contributed by atoms with van der Waals surface area (Å²) < 4.78 is 12.3. The minimum atomic E-state index is -0.559. The van der Waals surface area contributed by atoms with E-state index in [-0.39, 0.29) is 5.41 Å². The van der Waals surface area contributed by atoms with E-state index < -0.39 is 5.79 Å². The smallest absolute Gasteiger partial charge is 0.194 e. The predicted octanol–water partition coefficient (Wildman–Crippen LogP) is 4.40. The Morgan fingerprint density at radius 1 is 1.11 bits per heavy atom. The minimum Gasteiger partial charge on any atom is -0.345 e. The maximum absolute atomic E-state index is 6.17. The molecule has 0 radical (unpaired) electrons. The van der Waals surface area contributed by atoms with E-state index in [1.807, 2.05) is 0 Å². The molecule has 0 atom stereocenters. The number of aryl methyl sites for hydroxylation is 1. The first-order chi connectivity index (χ1) is 8.97. The van der Waals surface area contributed by atoms with Crippen LogP contribution in [0.15, 0.2) is 24.3 Å². The van der Waals surface area contributed by atoms with Crippen LogP contribution in [0.5, 0.6) is 0 Å². The molecule has 1 aliphatic heterocycles. The first-order valence-electron chi connectivity index (χ1n) is 6.88. The molecule has 1 aromatic carbocycles. The largest absolute Gasteiger partial charge is 0.345 e. The van der Waals surface area contributed by atoms with Gasteiger partial charge in [-0.3, -0.25) is 0 Å². The van der Waals surface area contributed by atoms with Gasteiger partial charge in [-0.25, -0.2) is 0 Å². The van der Waals surface area contributed by atoms with Gasteiger partial charge in [0.15, 0.2) is 5.79 Å². The number of rotatable bonds is 4. The topological polar surface area (TPSA) is 18.5 Å². The Hall–Kier alpha value is -0.380. The van der Waals surface area contributed by atoms with Gasteiger partial charge in [-0.05, 0) is 13.3 Å². The number of hydrogen-bond donors (Lipinski definition) is 0. The number of ether oxygens (including phenoxy) is 2. The summed E-state index contributed by atoms with van der Waals surface area (Å²) >= 11 is 3.50. The number of alkyl halides is 1. The third-order valence-corrected chi connectivity index (χ3v) is 4.08. The van der Waals surface area contributed by atoms with E-state index in [0.717, 1.165) is 36.9 Å². The standard InChI is InChI=1S/C16H23BrO2/c1-13-5-7-14(8-6-13)16(9-4-10-17)18-11-15(2,3)12-19-16/h5-8H,4,9-12H2,1-3H3. The summed E-state index contributed by atoms with van der Waals surface area (Å²) in [4.78, 5) is 0. The molecule has 0 spiro atoms. The molecule has 0 aliphatic carbocycles. The van der Waals surface area contributed by atoms with E-state index in [4.69, 9.17) is 9.47 Å². The lowest BCUT2D eigenvalue weighted by molar-refractivity contribution is -0.311. The van der Waals surface area contributed by atoms with Crippen LogP contribution in [0, 0.1) is 12.3 Å². The zero-order chi connectivity index (χ0) is 13.9. The fourth-order valence-corrected chi connectivity index (χ4v) is 2.55. The summed E-state index contributed by atoms with van der Waals surface area (Å²) in [6, 6.07) is 8.50. The van der Waals surface area contributed by atoms with E-state index >= 15 is 0 Å². The van der Waals surface area contributed by atoms with Crippen molar-refractivity contribution in [2.45, 2.75) is 39.4 Å². The van der Waals surface area contributed by atoms with Gasteiger partial charge in [0.2, 0.25) is 0 Å². The highest BCUT2D eigenvalue weighted by atomic mass is 79.9. The van der Waals surface area contributed by atoms with Crippen molar-refractivity contribution in [3.05, 3.63) is 35.4 Å². The lowest BCUT2D eigenvalue weighted by Gasteiger charge is -2.44. The van der Waals surface area contributed by atoms with E-state index in [1.54, 1.807) is 0 Å². The van der Waals surface area contributed by atoms with E-state index in [9.17, 15) is 0 Å². The highest BCUT2D eigenvalue weighted by Crippen LogP contribution is 2.39. The summed E-state index contributed by atoms with van der Waals surface area (Å²) in [5.41, 5.74) is 2.49. The Balaban J connectivity index is 2.23. The van der Waals surface area contributed by atoms with Crippen LogP contribution in [0.4, 0.5) is 0 Å². The summed E-state index contributed by atoms with van der Waals surface area (Å²) in [7, 11) is 0. The van der Waals surface area contributed by atoms with Crippen LogP contribution in [0.25, 0.3) is 0 Å². The summed E-state index contributed by atoms with van der Waals surface area (Å²) in [6.45, 7) is 7.93. The van der Waals surface area contributed by atoms with Crippen LogP contribution in [-0.4, -0.2) is 18.5 Å². The monoisotopic (exact) mass is 326 g/mol.